The van der Waals surface area contributed by atoms with E-state index >= 15 is 0 Å². The summed E-state index contributed by atoms with van der Waals surface area (Å²) >= 11 is 0. The van der Waals surface area contributed by atoms with Crippen molar-refractivity contribution in [3.8, 4) is 11.5 Å². The van der Waals surface area contributed by atoms with Crippen LogP contribution in [0.1, 0.15) is 44.7 Å². The van der Waals surface area contributed by atoms with Gasteiger partial charge in [-0.25, -0.2) is 0 Å². The lowest BCUT2D eigenvalue weighted by Gasteiger charge is -2.27. The molecule has 2 nitrogen and oxygen atoms in total. The van der Waals surface area contributed by atoms with Crippen LogP contribution >= 0.6 is 0 Å². The molecule has 2 aromatic rings. The van der Waals surface area contributed by atoms with Crippen LogP contribution in [-0.2, 0) is 5.41 Å². The Labute approximate surface area is 152 Å². The summed E-state index contributed by atoms with van der Waals surface area (Å²) in [6.07, 6.45) is -2.94. The fourth-order valence-electron chi connectivity index (χ4n) is 2.72. The molecule has 0 amide bonds. The Morgan fingerprint density at radius 2 is 1.42 bits per heavy atom. The van der Waals surface area contributed by atoms with Gasteiger partial charge in [0.05, 0.1) is 6.10 Å². The molecule has 0 aromatic heterocycles. The van der Waals surface area contributed by atoms with Gasteiger partial charge in [0.2, 0.25) is 0 Å². The number of halogens is 3. The molecule has 0 aliphatic heterocycles. The van der Waals surface area contributed by atoms with Crippen LogP contribution in [-0.4, -0.2) is 12.5 Å². The lowest BCUT2D eigenvalue weighted by atomic mass is 9.80. The number of hydrogen-bond acceptors (Lipinski definition) is 2. The van der Waals surface area contributed by atoms with E-state index in [-0.39, 0.29) is 17.3 Å². The average Bonchev–Trinajstić information content (AvgIpc) is 2.54. The first-order valence-electron chi connectivity index (χ1n) is 8.65. The Balaban J connectivity index is 1.91. The van der Waals surface area contributed by atoms with Gasteiger partial charge in [0, 0.05) is 0 Å². The molecule has 0 aliphatic carbocycles. The average molecular weight is 366 g/mol. The number of aryl methyl sites for hydroxylation is 1. The second-order valence-corrected chi connectivity index (χ2v) is 7.24. The molecule has 0 N–H and O–H groups in total. The quantitative estimate of drug-likeness (QED) is 0.563. The zero-order chi connectivity index (χ0) is 19.4. The summed E-state index contributed by atoms with van der Waals surface area (Å²) in [6, 6.07) is 14.0. The van der Waals surface area contributed by atoms with Gasteiger partial charge in [-0.1, -0.05) is 43.7 Å². The largest absolute Gasteiger partial charge is 0.573 e. The predicted molar refractivity (Wildman–Crippen MR) is 96.7 cm³/mol. The zero-order valence-corrected chi connectivity index (χ0v) is 15.6. The maximum absolute atomic E-state index is 12.3. The van der Waals surface area contributed by atoms with Gasteiger partial charge >= 0.3 is 6.36 Å². The Morgan fingerprint density at radius 1 is 0.885 bits per heavy atom. The van der Waals surface area contributed by atoms with Crippen LogP contribution in [0, 0.1) is 6.92 Å². The van der Waals surface area contributed by atoms with Crippen LogP contribution < -0.4 is 9.47 Å². The lowest BCUT2D eigenvalue weighted by molar-refractivity contribution is -0.274. The summed E-state index contributed by atoms with van der Waals surface area (Å²) < 4.78 is 46.6. The van der Waals surface area contributed by atoms with Crippen molar-refractivity contribution >= 4 is 0 Å². The van der Waals surface area contributed by atoms with Gasteiger partial charge < -0.3 is 9.47 Å². The van der Waals surface area contributed by atoms with Crippen molar-refractivity contribution < 1.29 is 22.6 Å². The van der Waals surface area contributed by atoms with E-state index in [1.165, 1.54) is 17.7 Å². The minimum Gasteiger partial charge on any atom is -0.491 e. The van der Waals surface area contributed by atoms with Crippen molar-refractivity contribution in [2.24, 2.45) is 0 Å². The van der Waals surface area contributed by atoms with Gasteiger partial charge in [0.15, 0.2) is 0 Å². The summed E-state index contributed by atoms with van der Waals surface area (Å²) in [5.74, 6) is 0.641. The third kappa shape index (κ3) is 6.28. The number of ether oxygens (including phenoxy) is 2. The van der Waals surface area contributed by atoms with Gasteiger partial charge in [-0.2, -0.15) is 0 Å². The molecule has 26 heavy (non-hydrogen) atoms. The van der Waals surface area contributed by atoms with Crippen LogP contribution in [0.4, 0.5) is 13.2 Å². The Kier molecular flexibility index (Phi) is 6.21. The molecule has 5 heteroatoms. The van der Waals surface area contributed by atoms with Gasteiger partial charge in [0.25, 0.3) is 0 Å². The second-order valence-electron chi connectivity index (χ2n) is 7.24. The third-order valence-electron chi connectivity index (χ3n) is 4.40. The smallest absolute Gasteiger partial charge is 0.491 e. The highest BCUT2D eigenvalue weighted by Gasteiger charge is 2.31. The van der Waals surface area contributed by atoms with E-state index in [0.29, 0.717) is 0 Å². The number of benzene rings is 2. The van der Waals surface area contributed by atoms with Gasteiger partial charge in [0.1, 0.15) is 11.5 Å². The van der Waals surface area contributed by atoms with E-state index in [1.54, 1.807) is 12.1 Å². The van der Waals surface area contributed by atoms with Crippen molar-refractivity contribution in [1.29, 1.82) is 0 Å². The predicted octanol–water partition coefficient (Wildman–Crippen LogP) is 6.42. The fourth-order valence-corrected chi connectivity index (χ4v) is 2.72. The number of alkyl halides is 3. The monoisotopic (exact) mass is 366 g/mol. The molecule has 0 aliphatic rings. The standard InChI is InChI=1S/C21H25F3O2/c1-15-5-9-18(10-6-15)25-16(2)13-14-20(3,4)17-7-11-19(12-8-17)26-21(22,23)24/h5-12,16H,13-14H2,1-4H3. The molecule has 1 unspecified atom stereocenters. The SMILES string of the molecule is Cc1ccc(OC(C)CCC(C)(C)c2ccc(OC(F)(F)F)cc2)cc1. The van der Waals surface area contributed by atoms with Crippen molar-refractivity contribution in [3.63, 3.8) is 0 Å². The molecule has 1 atom stereocenters. The summed E-state index contributed by atoms with van der Waals surface area (Å²) in [5.41, 5.74) is 1.97. The summed E-state index contributed by atoms with van der Waals surface area (Å²) in [6.45, 7) is 8.20. The van der Waals surface area contributed by atoms with E-state index in [1.807, 2.05) is 38.1 Å². The number of rotatable bonds is 7. The van der Waals surface area contributed by atoms with Gasteiger partial charge in [-0.15, -0.1) is 13.2 Å². The van der Waals surface area contributed by atoms with Crippen molar-refractivity contribution in [2.45, 2.75) is 58.4 Å². The highest BCUT2D eigenvalue weighted by Crippen LogP contribution is 2.32. The highest BCUT2D eigenvalue weighted by atomic mass is 19.4. The third-order valence-corrected chi connectivity index (χ3v) is 4.40. The zero-order valence-electron chi connectivity index (χ0n) is 15.6. The van der Waals surface area contributed by atoms with Gasteiger partial charge in [-0.05, 0) is 61.9 Å². The molecule has 0 fully saturated rings. The topological polar surface area (TPSA) is 18.5 Å². The van der Waals surface area contributed by atoms with Crippen molar-refractivity contribution in [1.82, 2.24) is 0 Å². The van der Waals surface area contributed by atoms with Crippen LogP contribution in [0.25, 0.3) is 0 Å². The van der Waals surface area contributed by atoms with E-state index in [2.05, 4.69) is 18.6 Å². The van der Waals surface area contributed by atoms with Crippen LogP contribution in [0.15, 0.2) is 48.5 Å². The summed E-state index contributed by atoms with van der Waals surface area (Å²) in [7, 11) is 0. The molecular formula is C21H25F3O2. The normalized spacial score (nSPS) is 13.3. The molecular weight excluding hydrogens is 341 g/mol. The molecule has 0 saturated carbocycles. The molecule has 0 bridgehead atoms. The Morgan fingerprint density at radius 3 is 1.96 bits per heavy atom. The molecule has 0 radical (unpaired) electrons. The molecule has 2 aromatic carbocycles. The van der Waals surface area contributed by atoms with Crippen LogP contribution in [0.5, 0.6) is 11.5 Å². The number of hydrogen-bond donors (Lipinski definition) is 0. The second kappa shape index (κ2) is 8.02. The Hall–Kier alpha value is -2.17. The summed E-state index contributed by atoms with van der Waals surface area (Å²) in [5, 5.41) is 0. The fraction of sp³-hybridized carbons (Fsp3) is 0.429. The van der Waals surface area contributed by atoms with E-state index in [4.69, 9.17) is 4.74 Å². The van der Waals surface area contributed by atoms with E-state index in [0.717, 1.165) is 24.2 Å². The maximum Gasteiger partial charge on any atom is 0.573 e. The summed E-state index contributed by atoms with van der Waals surface area (Å²) in [4.78, 5) is 0. The highest BCUT2D eigenvalue weighted by molar-refractivity contribution is 5.32. The van der Waals surface area contributed by atoms with E-state index in [9.17, 15) is 13.2 Å². The minimum absolute atomic E-state index is 0.0461. The minimum atomic E-state index is -4.67. The first-order chi connectivity index (χ1) is 12.0. The molecule has 142 valence electrons. The van der Waals surface area contributed by atoms with Crippen LogP contribution in [0.3, 0.4) is 0 Å². The molecule has 2 rings (SSSR count). The first-order valence-corrected chi connectivity index (χ1v) is 8.65. The molecule has 0 saturated heterocycles. The molecule has 0 heterocycles. The Bertz CT molecular complexity index is 689. The lowest BCUT2D eigenvalue weighted by Crippen LogP contribution is -2.22. The van der Waals surface area contributed by atoms with Crippen LogP contribution in [0.2, 0.25) is 0 Å². The molecule has 0 spiro atoms. The van der Waals surface area contributed by atoms with Gasteiger partial charge in [-0.3, -0.25) is 0 Å². The van der Waals surface area contributed by atoms with E-state index < -0.39 is 6.36 Å². The van der Waals surface area contributed by atoms with Crippen molar-refractivity contribution in [3.05, 3.63) is 59.7 Å². The van der Waals surface area contributed by atoms with Crippen molar-refractivity contribution in [2.75, 3.05) is 0 Å². The maximum atomic E-state index is 12.3. The first kappa shape index (κ1) is 20.1.